The molecule has 1 amide bonds. The molecule has 1 atom stereocenters. The molecule has 0 aromatic rings. The summed E-state index contributed by atoms with van der Waals surface area (Å²) in [5, 5.41) is 8.88. The summed E-state index contributed by atoms with van der Waals surface area (Å²) in [4.78, 5) is 14.1. The number of carbonyl (C=O) groups is 1. The van der Waals surface area contributed by atoms with Crippen molar-refractivity contribution in [2.24, 2.45) is 5.73 Å². The molecular weight excluding hydrogens is 216 g/mol. The first-order valence-corrected chi connectivity index (χ1v) is 6.87. The molecule has 0 aliphatic heterocycles. The van der Waals surface area contributed by atoms with E-state index in [2.05, 4.69) is 6.92 Å². The number of hydrogen-bond donors (Lipinski definition) is 2. The molecule has 1 aliphatic carbocycles. The van der Waals surface area contributed by atoms with Crippen LogP contribution in [0.5, 0.6) is 0 Å². The summed E-state index contributed by atoms with van der Waals surface area (Å²) in [7, 11) is 0. The summed E-state index contributed by atoms with van der Waals surface area (Å²) in [5.41, 5.74) is 5.94. The van der Waals surface area contributed by atoms with Gasteiger partial charge in [0, 0.05) is 19.2 Å². The molecule has 1 saturated carbocycles. The maximum Gasteiger partial charge on any atom is 0.239 e. The SMILES string of the molecule is CCCC[C@H](N)C(=O)N(CCCO)C1CCC1. The number of amides is 1. The lowest BCUT2D eigenvalue weighted by atomic mass is 9.90. The Labute approximate surface area is 104 Å². The molecule has 0 aromatic carbocycles. The van der Waals surface area contributed by atoms with E-state index in [1.807, 2.05) is 4.90 Å². The number of aliphatic hydroxyl groups is 1. The first-order chi connectivity index (χ1) is 8.20. The van der Waals surface area contributed by atoms with Crippen molar-refractivity contribution in [1.29, 1.82) is 0 Å². The van der Waals surface area contributed by atoms with Gasteiger partial charge in [-0.2, -0.15) is 0 Å². The van der Waals surface area contributed by atoms with E-state index < -0.39 is 0 Å². The average molecular weight is 242 g/mol. The Morgan fingerprint density at radius 1 is 1.47 bits per heavy atom. The second kappa shape index (κ2) is 7.67. The molecule has 0 unspecified atom stereocenters. The normalized spacial score (nSPS) is 17.6. The smallest absolute Gasteiger partial charge is 0.239 e. The van der Waals surface area contributed by atoms with Gasteiger partial charge in [-0.3, -0.25) is 4.79 Å². The van der Waals surface area contributed by atoms with E-state index in [9.17, 15) is 4.79 Å². The molecule has 1 fully saturated rings. The zero-order valence-corrected chi connectivity index (χ0v) is 10.9. The van der Waals surface area contributed by atoms with Crippen LogP contribution >= 0.6 is 0 Å². The molecule has 0 heterocycles. The van der Waals surface area contributed by atoms with E-state index in [4.69, 9.17) is 10.8 Å². The lowest BCUT2D eigenvalue weighted by molar-refractivity contribution is -0.137. The maximum atomic E-state index is 12.2. The van der Waals surface area contributed by atoms with Crippen molar-refractivity contribution in [3.63, 3.8) is 0 Å². The van der Waals surface area contributed by atoms with Gasteiger partial charge in [-0.05, 0) is 32.1 Å². The van der Waals surface area contributed by atoms with Crippen LogP contribution in [0.4, 0.5) is 0 Å². The fraction of sp³-hybridized carbons (Fsp3) is 0.923. The van der Waals surface area contributed by atoms with Gasteiger partial charge in [0.1, 0.15) is 0 Å². The highest BCUT2D eigenvalue weighted by molar-refractivity contribution is 5.82. The third-order valence-corrected chi connectivity index (χ3v) is 3.54. The van der Waals surface area contributed by atoms with Gasteiger partial charge in [0.25, 0.3) is 0 Å². The number of nitrogens with zero attached hydrogens (tertiary/aromatic N) is 1. The molecule has 0 bridgehead atoms. The summed E-state index contributed by atoms with van der Waals surface area (Å²) >= 11 is 0. The minimum atomic E-state index is -0.353. The minimum Gasteiger partial charge on any atom is -0.396 e. The summed E-state index contributed by atoms with van der Waals surface area (Å²) in [6, 6.07) is 0.0240. The zero-order chi connectivity index (χ0) is 12.7. The number of carbonyl (C=O) groups excluding carboxylic acids is 1. The lowest BCUT2D eigenvalue weighted by Gasteiger charge is -2.39. The van der Waals surface area contributed by atoms with E-state index in [0.717, 1.165) is 32.1 Å². The molecule has 0 radical (unpaired) electrons. The van der Waals surface area contributed by atoms with Crippen LogP contribution in [0, 0.1) is 0 Å². The molecular formula is C13H26N2O2. The van der Waals surface area contributed by atoms with E-state index in [1.165, 1.54) is 6.42 Å². The van der Waals surface area contributed by atoms with Gasteiger partial charge < -0.3 is 15.7 Å². The number of unbranched alkanes of at least 4 members (excludes halogenated alkanes) is 1. The van der Waals surface area contributed by atoms with Crippen LogP contribution in [0.15, 0.2) is 0 Å². The largest absolute Gasteiger partial charge is 0.396 e. The molecule has 100 valence electrons. The third kappa shape index (κ3) is 4.28. The second-order valence-electron chi connectivity index (χ2n) is 4.94. The van der Waals surface area contributed by atoms with Crippen molar-refractivity contribution in [3.05, 3.63) is 0 Å². The van der Waals surface area contributed by atoms with Crippen LogP contribution in [-0.2, 0) is 4.79 Å². The Hall–Kier alpha value is -0.610. The Morgan fingerprint density at radius 3 is 2.65 bits per heavy atom. The fourth-order valence-electron chi connectivity index (χ4n) is 2.17. The standard InChI is InChI=1S/C13H26N2O2/c1-2-3-8-12(14)13(17)15(9-5-10-16)11-6-4-7-11/h11-12,16H,2-10,14H2,1H3/t12-/m0/s1. The molecule has 17 heavy (non-hydrogen) atoms. The van der Waals surface area contributed by atoms with Crippen LogP contribution in [0.3, 0.4) is 0 Å². The van der Waals surface area contributed by atoms with E-state index >= 15 is 0 Å². The predicted octanol–water partition coefficient (Wildman–Crippen LogP) is 1.27. The minimum absolute atomic E-state index is 0.0802. The highest BCUT2D eigenvalue weighted by Gasteiger charge is 2.30. The van der Waals surface area contributed by atoms with Crippen LogP contribution in [0.25, 0.3) is 0 Å². The maximum absolute atomic E-state index is 12.2. The van der Waals surface area contributed by atoms with Gasteiger partial charge in [-0.15, -0.1) is 0 Å². The highest BCUT2D eigenvalue weighted by atomic mass is 16.3. The number of hydrogen-bond acceptors (Lipinski definition) is 3. The first-order valence-electron chi connectivity index (χ1n) is 6.87. The Balaban J connectivity index is 2.45. The van der Waals surface area contributed by atoms with Crippen LogP contribution < -0.4 is 5.73 Å². The van der Waals surface area contributed by atoms with Gasteiger partial charge in [-0.25, -0.2) is 0 Å². The van der Waals surface area contributed by atoms with Gasteiger partial charge in [0.15, 0.2) is 0 Å². The van der Waals surface area contributed by atoms with Gasteiger partial charge in [-0.1, -0.05) is 19.8 Å². The van der Waals surface area contributed by atoms with Crippen molar-refractivity contribution >= 4 is 5.91 Å². The van der Waals surface area contributed by atoms with Gasteiger partial charge in [0.2, 0.25) is 5.91 Å². The Bertz CT molecular complexity index is 229. The lowest BCUT2D eigenvalue weighted by Crippen LogP contribution is -2.51. The predicted molar refractivity (Wildman–Crippen MR) is 68.6 cm³/mol. The van der Waals surface area contributed by atoms with Crippen LogP contribution in [0.2, 0.25) is 0 Å². The summed E-state index contributed by atoms with van der Waals surface area (Å²) in [6.45, 7) is 2.90. The molecule has 1 rings (SSSR count). The van der Waals surface area contributed by atoms with Crippen molar-refractivity contribution in [2.45, 2.75) is 64.0 Å². The van der Waals surface area contributed by atoms with Crippen LogP contribution in [-0.4, -0.2) is 41.1 Å². The molecule has 0 spiro atoms. The topological polar surface area (TPSA) is 66.6 Å². The Morgan fingerprint density at radius 2 is 2.18 bits per heavy atom. The van der Waals surface area contributed by atoms with E-state index in [0.29, 0.717) is 19.0 Å². The van der Waals surface area contributed by atoms with E-state index in [1.54, 1.807) is 0 Å². The van der Waals surface area contributed by atoms with Gasteiger partial charge >= 0.3 is 0 Å². The quantitative estimate of drug-likeness (QED) is 0.673. The number of rotatable bonds is 8. The monoisotopic (exact) mass is 242 g/mol. The average Bonchev–Trinajstić information content (AvgIpc) is 2.27. The number of nitrogens with two attached hydrogens (primary N) is 1. The first kappa shape index (κ1) is 14.5. The Kier molecular flexibility index (Phi) is 6.52. The summed E-state index contributed by atoms with van der Waals surface area (Å²) in [5.74, 6) is 0.0802. The molecule has 4 nitrogen and oxygen atoms in total. The molecule has 0 aromatic heterocycles. The highest BCUT2D eigenvalue weighted by Crippen LogP contribution is 2.25. The van der Waals surface area contributed by atoms with Crippen molar-refractivity contribution in [2.75, 3.05) is 13.2 Å². The summed E-state index contributed by atoms with van der Waals surface area (Å²) in [6.07, 6.45) is 6.90. The number of aliphatic hydroxyl groups excluding tert-OH is 1. The summed E-state index contributed by atoms with van der Waals surface area (Å²) < 4.78 is 0. The molecule has 0 saturated heterocycles. The molecule has 3 N–H and O–H groups in total. The van der Waals surface area contributed by atoms with E-state index in [-0.39, 0.29) is 18.6 Å². The second-order valence-corrected chi connectivity index (χ2v) is 4.94. The van der Waals surface area contributed by atoms with Crippen LogP contribution in [0.1, 0.15) is 51.9 Å². The van der Waals surface area contributed by atoms with Crippen molar-refractivity contribution < 1.29 is 9.90 Å². The third-order valence-electron chi connectivity index (χ3n) is 3.54. The zero-order valence-electron chi connectivity index (χ0n) is 10.9. The van der Waals surface area contributed by atoms with Crippen molar-refractivity contribution in [3.8, 4) is 0 Å². The van der Waals surface area contributed by atoms with Crippen molar-refractivity contribution in [1.82, 2.24) is 4.90 Å². The molecule has 1 aliphatic rings. The van der Waals surface area contributed by atoms with Gasteiger partial charge in [0.05, 0.1) is 6.04 Å². The molecule has 4 heteroatoms. The fourth-order valence-corrected chi connectivity index (χ4v) is 2.17.